The Morgan fingerprint density at radius 3 is 2.69 bits per heavy atom. The Balaban J connectivity index is 1.84. The first-order valence-corrected chi connectivity index (χ1v) is 7.18. The first-order valence-electron chi connectivity index (χ1n) is 7.18. The zero-order chi connectivity index (χ0) is 11.5. The smallest absolute Gasteiger partial charge is 0.0107 e. The average molecular weight is 224 g/mol. The van der Waals surface area contributed by atoms with E-state index in [-0.39, 0.29) is 0 Å². The molecule has 1 heterocycles. The first kappa shape index (κ1) is 12.4. The number of likely N-dealkylation sites (tertiary alicyclic amines) is 1. The minimum atomic E-state index is 0.799. The molecule has 0 spiro atoms. The molecule has 2 aliphatic rings. The molecule has 1 saturated carbocycles. The first-order chi connectivity index (χ1) is 7.70. The van der Waals surface area contributed by atoms with E-state index < -0.39 is 0 Å². The van der Waals surface area contributed by atoms with Crippen LogP contribution in [0.25, 0.3) is 0 Å². The standard InChI is InChI=1S/C14H28N2/c1-4-15-14-7-5-6-13(14)10-16-9-11(2)8-12(16)3/h11-15H,4-10H2,1-3H3. The maximum absolute atomic E-state index is 3.67. The molecule has 4 unspecified atom stereocenters. The fourth-order valence-electron chi connectivity index (χ4n) is 3.73. The molecule has 94 valence electrons. The van der Waals surface area contributed by atoms with Crippen molar-refractivity contribution in [3.05, 3.63) is 0 Å². The highest BCUT2D eigenvalue weighted by molar-refractivity contribution is 4.88. The van der Waals surface area contributed by atoms with Crippen molar-refractivity contribution in [2.75, 3.05) is 19.6 Å². The normalized spacial score (nSPS) is 40.7. The lowest BCUT2D eigenvalue weighted by Crippen LogP contribution is -2.40. The molecular weight excluding hydrogens is 196 g/mol. The molecule has 2 nitrogen and oxygen atoms in total. The van der Waals surface area contributed by atoms with Gasteiger partial charge in [-0.15, -0.1) is 0 Å². The van der Waals surface area contributed by atoms with E-state index in [1.807, 2.05) is 0 Å². The van der Waals surface area contributed by atoms with Gasteiger partial charge < -0.3 is 10.2 Å². The predicted molar refractivity (Wildman–Crippen MR) is 69.6 cm³/mol. The molecule has 0 aromatic heterocycles. The van der Waals surface area contributed by atoms with Crippen LogP contribution in [-0.2, 0) is 0 Å². The number of hydrogen-bond acceptors (Lipinski definition) is 2. The predicted octanol–water partition coefficient (Wildman–Crippen LogP) is 2.49. The van der Waals surface area contributed by atoms with Crippen molar-refractivity contribution in [2.45, 2.75) is 58.5 Å². The summed E-state index contributed by atoms with van der Waals surface area (Å²) in [5.74, 6) is 1.82. The number of nitrogens with one attached hydrogen (secondary N) is 1. The van der Waals surface area contributed by atoms with E-state index in [1.165, 1.54) is 38.8 Å². The maximum atomic E-state index is 3.67. The van der Waals surface area contributed by atoms with Crippen LogP contribution in [-0.4, -0.2) is 36.6 Å². The highest BCUT2D eigenvalue weighted by Gasteiger charge is 2.32. The Morgan fingerprint density at radius 2 is 2.06 bits per heavy atom. The summed E-state index contributed by atoms with van der Waals surface area (Å²) in [5.41, 5.74) is 0. The second-order valence-corrected chi connectivity index (χ2v) is 6.00. The van der Waals surface area contributed by atoms with Gasteiger partial charge in [0.15, 0.2) is 0 Å². The van der Waals surface area contributed by atoms with Crippen molar-refractivity contribution in [1.82, 2.24) is 10.2 Å². The quantitative estimate of drug-likeness (QED) is 0.789. The molecule has 0 amide bonds. The van der Waals surface area contributed by atoms with Crippen LogP contribution in [0, 0.1) is 11.8 Å². The van der Waals surface area contributed by atoms with Gasteiger partial charge >= 0.3 is 0 Å². The summed E-state index contributed by atoms with van der Waals surface area (Å²) >= 11 is 0. The molecule has 1 aliphatic heterocycles. The van der Waals surface area contributed by atoms with Gasteiger partial charge in [-0.3, -0.25) is 0 Å². The molecule has 1 N–H and O–H groups in total. The molecule has 2 rings (SSSR count). The lowest BCUT2D eigenvalue weighted by Gasteiger charge is -2.28. The zero-order valence-electron chi connectivity index (χ0n) is 11.2. The zero-order valence-corrected chi connectivity index (χ0v) is 11.2. The van der Waals surface area contributed by atoms with Gasteiger partial charge in [0.25, 0.3) is 0 Å². The highest BCUT2D eigenvalue weighted by atomic mass is 15.2. The third-order valence-electron chi connectivity index (χ3n) is 4.51. The average Bonchev–Trinajstić information content (AvgIpc) is 2.77. The van der Waals surface area contributed by atoms with Gasteiger partial charge in [0.05, 0.1) is 0 Å². The molecule has 4 atom stereocenters. The van der Waals surface area contributed by atoms with E-state index in [4.69, 9.17) is 0 Å². The molecule has 0 bridgehead atoms. The molecule has 2 fully saturated rings. The van der Waals surface area contributed by atoms with Crippen molar-refractivity contribution in [3.8, 4) is 0 Å². The lowest BCUT2D eigenvalue weighted by atomic mass is 10.0. The fraction of sp³-hybridized carbons (Fsp3) is 1.00. The van der Waals surface area contributed by atoms with Gasteiger partial charge in [-0.05, 0) is 44.6 Å². The van der Waals surface area contributed by atoms with Crippen LogP contribution in [0.4, 0.5) is 0 Å². The van der Waals surface area contributed by atoms with Crippen LogP contribution < -0.4 is 5.32 Å². The topological polar surface area (TPSA) is 15.3 Å². The number of nitrogens with zero attached hydrogens (tertiary/aromatic N) is 1. The monoisotopic (exact) mass is 224 g/mol. The van der Waals surface area contributed by atoms with Crippen LogP contribution in [0.5, 0.6) is 0 Å². The van der Waals surface area contributed by atoms with Gasteiger partial charge in [-0.2, -0.15) is 0 Å². The van der Waals surface area contributed by atoms with Crippen LogP contribution in [0.15, 0.2) is 0 Å². The van der Waals surface area contributed by atoms with E-state index >= 15 is 0 Å². The van der Waals surface area contributed by atoms with Crippen LogP contribution in [0.3, 0.4) is 0 Å². The van der Waals surface area contributed by atoms with E-state index in [9.17, 15) is 0 Å². The summed E-state index contributed by atoms with van der Waals surface area (Å²) < 4.78 is 0. The minimum absolute atomic E-state index is 0.799. The Labute approximate surface area is 101 Å². The van der Waals surface area contributed by atoms with Crippen molar-refractivity contribution < 1.29 is 0 Å². The van der Waals surface area contributed by atoms with Crippen molar-refractivity contribution in [1.29, 1.82) is 0 Å². The van der Waals surface area contributed by atoms with Crippen LogP contribution in [0.2, 0.25) is 0 Å². The minimum Gasteiger partial charge on any atom is -0.314 e. The maximum Gasteiger partial charge on any atom is 0.0107 e. The van der Waals surface area contributed by atoms with Crippen molar-refractivity contribution >= 4 is 0 Å². The fourth-order valence-corrected chi connectivity index (χ4v) is 3.73. The lowest BCUT2D eigenvalue weighted by molar-refractivity contribution is 0.206. The molecule has 2 heteroatoms. The molecule has 1 aliphatic carbocycles. The summed E-state index contributed by atoms with van der Waals surface area (Å²) in [4.78, 5) is 2.73. The molecule has 0 aromatic carbocycles. The highest BCUT2D eigenvalue weighted by Crippen LogP contribution is 2.30. The molecule has 0 aromatic rings. The molecule has 0 radical (unpaired) electrons. The van der Waals surface area contributed by atoms with Crippen LogP contribution >= 0.6 is 0 Å². The molecule has 16 heavy (non-hydrogen) atoms. The van der Waals surface area contributed by atoms with E-state index in [0.717, 1.165) is 30.5 Å². The summed E-state index contributed by atoms with van der Waals surface area (Å²) in [5, 5.41) is 3.67. The second kappa shape index (κ2) is 5.50. The third kappa shape index (κ3) is 2.78. The molecular formula is C14H28N2. The SMILES string of the molecule is CCNC1CCCC1CN1CC(C)CC1C. The Hall–Kier alpha value is -0.0800. The van der Waals surface area contributed by atoms with Gasteiger partial charge in [-0.25, -0.2) is 0 Å². The van der Waals surface area contributed by atoms with Gasteiger partial charge in [0.2, 0.25) is 0 Å². The van der Waals surface area contributed by atoms with Gasteiger partial charge in [0, 0.05) is 25.2 Å². The van der Waals surface area contributed by atoms with E-state index in [1.54, 1.807) is 0 Å². The summed E-state index contributed by atoms with van der Waals surface area (Å²) in [6.07, 6.45) is 5.67. The number of hydrogen-bond donors (Lipinski definition) is 1. The largest absolute Gasteiger partial charge is 0.314 e. The Kier molecular flexibility index (Phi) is 4.26. The van der Waals surface area contributed by atoms with Gasteiger partial charge in [-0.1, -0.05) is 20.3 Å². The Morgan fingerprint density at radius 1 is 1.25 bits per heavy atom. The second-order valence-electron chi connectivity index (χ2n) is 6.00. The summed E-state index contributed by atoms with van der Waals surface area (Å²) in [6, 6.07) is 1.62. The summed E-state index contributed by atoms with van der Waals surface area (Å²) in [7, 11) is 0. The number of rotatable bonds is 4. The van der Waals surface area contributed by atoms with Crippen molar-refractivity contribution in [2.24, 2.45) is 11.8 Å². The molecule has 1 saturated heterocycles. The van der Waals surface area contributed by atoms with E-state index in [0.29, 0.717) is 0 Å². The van der Waals surface area contributed by atoms with Crippen LogP contribution in [0.1, 0.15) is 46.5 Å². The van der Waals surface area contributed by atoms with Gasteiger partial charge in [0.1, 0.15) is 0 Å². The summed E-state index contributed by atoms with van der Waals surface area (Å²) in [6.45, 7) is 10.8. The third-order valence-corrected chi connectivity index (χ3v) is 4.51. The van der Waals surface area contributed by atoms with Crippen molar-refractivity contribution in [3.63, 3.8) is 0 Å². The van der Waals surface area contributed by atoms with E-state index in [2.05, 4.69) is 31.0 Å². The Bertz CT molecular complexity index is 217.